The topological polar surface area (TPSA) is 67.9 Å². The summed E-state index contributed by atoms with van der Waals surface area (Å²) in [5.74, 6) is 0.905. The van der Waals surface area contributed by atoms with E-state index in [-0.39, 0.29) is 11.8 Å². The molecular formula is C30H44N2O4. The van der Waals surface area contributed by atoms with E-state index in [1.165, 1.54) is 44.9 Å². The summed E-state index contributed by atoms with van der Waals surface area (Å²) < 4.78 is 11.2. The predicted octanol–water partition coefficient (Wildman–Crippen LogP) is 7.34. The number of ether oxygens (including phenoxy) is 2. The Labute approximate surface area is 217 Å². The molecule has 0 saturated carbocycles. The van der Waals surface area contributed by atoms with E-state index in [1.54, 1.807) is 49.4 Å². The summed E-state index contributed by atoms with van der Waals surface area (Å²) >= 11 is 0. The van der Waals surface area contributed by atoms with Crippen molar-refractivity contribution in [1.82, 2.24) is 4.90 Å². The summed E-state index contributed by atoms with van der Waals surface area (Å²) in [6.07, 6.45) is 12.1. The summed E-state index contributed by atoms with van der Waals surface area (Å²) in [5, 5.41) is 2.88. The van der Waals surface area contributed by atoms with Gasteiger partial charge in [-0.3, -0.25) is 9.59 Å². The number of rotatable bonds is 17. The minimum atomic E-state index is -0.271. The van der Waals surface area contributed by atoms with Gasteiger partial charge >= 0.3 is 0 Å². The van der Waals surface area contributed by atoms with Crippen LogP contribution in [0.25, 0.3) is 0 Å². The summed E-state index contributed by atoms with van der Waals surface area (Å²) in [6, 6.07) is 12.2. The Hall–Kier alpha value is -3.02. The van der Waals surface area contributed by atoms with Gasteiger partial charge in [0.05, 0.1) is 19.4 Å². The maximum atomic E-state index is 12.9. The molecule has 0 atom stereocenters. The molecule has 6 heteroatoms. The average molecular weight is 497 g/mol. The van der Waals surface area contributed by atoms with Crippen LogP contribution in [0.2, 0.25) is 0 Å². The van der Waals surface area contributed by atoms with E-state index in [4.69, 9.17) is 9.47 Å². The van der Waals surface area contributed by atoms with Gasteiger partial charge in [0.15, 0.2) is 0 Å². The van der Waals surface area contributed by atoms with Crippen LogP contribution in [0.4, 0.5) is 5.69 Å². The first-order valence-electron chi connectivity index (χ1n) is 13.5. The molecule has 2 aromatic carbocycles. The van der Waals surface area contributed by atoms with Gasteiger partial charge in [0.1, 0.15) is 11.5 Å². The highest BCUT2D eigenvalue weighted by Gasteiger charge is 2.16. The number of methoxy groups -OCH3 is 1. The zero-order valence-corrected chi connectivity index (χ0v) is 22.6. The second kappa shape index (κ2) is 16.6. The van der Waals surface area contributed by atoms with Crippen molar-refractivity contribution in [2.75, 3.05) is 32.6 Å². The van der Waals surface area contributed by atoms with E-state index in [1.807, 2.05) is 12.1 Å². The standard InChI is InChI=1S/C30H44N2O4/c1-5-7-9-10-11-12-13-14-22-36-26-18-15-24(16-19-26)29(33)31-27-23-25(17-20-28(27)35-4)30(34)32(3)21-8-6-2/h15-20,23H,5-14,21-22H2,1-4H3,(H,31,33). The molecule has 2 aromatic rings. The Kier molecular flexibility index (Phi) is 13.5. The number of amides is 2. The van der Waals surface area contributed by atoms with Gasteiger partial charge in [0, 0.05) is 24.7 Å². The Morgan fingerprint density at radius 1 is 0.806 bits per heavy atom. The molecule has 0 spiro atoms. The van der Waals surface area contributed by atoms with Crippen molar-refractivity contribution < 1.29 is 19.1 Å². The highest BCUT2D eigenvalue weighted by molar-refractivity contribution is 6.06. The van der Waals surface area contributed by atoms with E-state index < -0.39 is 0 Å². The lowest BCUT2D eigenvalue weighted by Gasteiger charge is -2.18. The fourth-order valence-electron chi connectivity index (χ4n) is 3.98. The zero-order valence-electron chi connectivity index (χ0n) is 22.6. The number of hydrogen-bond donors (Lipinski definition) is 1. The molecule has 0 unspecified atom stereocenters. The molecule has 0 aliphatic rings. The van der Waals surface area contributed by atoms with Gasteiger partial charge in [-0.1, -0.05) is 65.2 Å². The molecule has 36 heavy (non-hydrogen) atoms. The molecule has 0 aliphatic carbocycles. The molecule has 0 fully saturated rings. The second-order valence-corrected chi connectivity index (χ2v) is 9.30. The van der Waals surface area contributed by atoms with Crippen molar-refractivity contribution in [2.45, 2.75) is 78.1 Å². The van der Waals surface area contributed by atoms with Crippen molar-refractivity contribution in [2.24, 2.45) is 0 Å². The van der Waals surface area contributed by atoms with Gasteiger partial charge < -0.3 is 19.7 Å². The molecule has 2 amide bonds. The Morgan fingerprint density at radius 2 is 1.42 bits per heavy atom. The number of nitrogens with zero attached hydrogens (tertiary/aromatic N) is 1. The van der Waals surface area contributed by atoms with Gasteiger partial charge in [0.25, 0.3) is 11.8 Å². The van der Waals surface area contributed by atoms with Gasteiger partial charge in [-0.2, -0.15) is 0 Å². The quantitative estimate of drug-likeness (QED) is 0.233. The fourth-order valence-corrected chi connectivity index (χ4v) is 3.98. The normalized spacial score (nSPS) is 10.7. The first-order chi connectivity index (χ1) is 17.5. The summed E-state index contributed by atoms with van der Waals surface area (Å²) in [7, 11) is 3.33. The molecule has 1 N–H and O–H groups in total. The Morgan fingerprint density at radius 3 is 2.06 bits per heavy atom. The van der Waals surface area contributed by atoms with Crippen LogP contribution in [0.3, 0.4) is 0 Å². The lowest BCUT2D eigenvalue weighted by Crippen LogP contribution is -2.27. The van der Waals surface area contributed by atoms with Crippen molar-refractivity contribution in [3.05, 3.63) is 53.6 Å². The van der Waals surface area contributed by atoms with Crippen molar-refractivity contribution >= 4 is 17.5 Å². The zero-order chi connectivity index (χ0) is 26.2. The lowest BCUT2D eigenvalue weighted by atomic mass is 10.1. The Bertz CT molecular complexity index is 927. The molecule has 0 bridgehead atoms. The third kappa shape index (κ3) is 9.92. The lowest BCUT2D eigenvalue weighted by molar-refractivity contribution is 0.0793. The van der Waals surface area contributed by atoms with Crippen LogP contribution in [-0.2, 0) is 0 Å². The SMILES string of the molecule is CCCCCCCCCCOc1ccc(C(=O)Nc2cc(C(=O)N(C)CCCC)ccc2OC)cc1. The second-order valence-electron chi connectivity index (χ2n) is 9.30. The van der Waals surface area contributed by atoms with E-state index >= 15 is 0 Å². The van der Waals surface area contributed by atoms with Crippen LogP contribution in [0.15, 0.2) is 42.5 Å². The molecule has 0 heterocycles. The number of unbranched alkanes of at least 4 members (excludes halogenated alkanes) is 8. The highest BCUT2D eigenvalue weighted by atomic mass is 16.5. The first-order valence-corrected chi connectivity index (χ1v) is 13.5. The van der Waals surface area contributed by atoms with Crippen LogP contribution < -0.4 is 14.8 Å². The monoisotopic (exact) mass is 496 g/mol. The van der Waals surface area contributed by atoms with Crippen LogP contribution in [0, 0.1) is 0 Å². The van der Waals surface area contributed by atoms with Gasteiger partial charge in [-0.15, -0.1) is 0 Å². The van der Waals surface area contributed by atoms with E-state index in [0.717, 1.165) is 25.0 Å². The largest absolute Gasteiger partial charge is 0.495 e. The van der Waals surface area contributed by atoms with Crippen molar-refractivity contribution in [3.8, 4) is 11.5 Å². The number of carbonyl (C=O) groups is 2. The Balaban J connectivity index is 1.87. The maximum Gasteiger partial charge on any atom is 0.255 e. The van der Waals surface area contributed by atoms with E-state index in [2.05, 4.69) is 19.2 Å². The van der Waals surface area contributed by atoms with Gasteiger partial charge in [-0.25, -0.2) is 0 Å². The van der Waals surface area contributed by atoms with E-state index in [0.29, 0.717) is 35.7 Å². The van der Waals surface area contributed by atoms with E-state index in [9.17, 15) is 9.59 Å². The summed E-state index contributed by atoms with van der Waals surface area (Å²) in [6.45, 7) is 5.71. The molecule has 0 aliphatic heterocycles. The third-order valence-corrected chi connectivity index (χ3v) is 6.27. The molecule has 2 rings (SSSR count). The average Bonchev–Trinajstić information content (AvgIpc) is 2.90. The van der Waals surface area contributed by atoms with Gasteiger partial charge in [-0.05, 0) is 55.3 Å². The van der Waals surface area contributed by atoms with Crippen LogP contribution in [0.5, 0.6) is 11.5 Å². The molecule has 198 valence electrons. The maximum absolute atomic E-state index is 12.9. The molecular weight excluding hydrogens is 452 g/mol. The van der Waals surface area contributed by atoms with Crippen LogP contribution in [0.1, 0.15) is 98.8 Å². The number of hydrogen-bond acceptors (Lipinski definition) is 4. The van der Waals surface area contributed by atoms with Crippen molar-refractivity contribution in [3.63, 3.8) is 0 Å². The van der Waals surface area contributed by atoms with Crippen LogP contribution in [-0.4, -0.2) is 44.0 Å². The number of nitrogens with one attached hydrogen (secondary N) is 1. The molecule has 0 saturated heterocycles. The minimum Gasteiger partial charge on any atom is -0.495 e. The third-order valence-electron chi connectivity index (χ3n) is 6.27. The molecule has 0 radical (unpaired) electrons. The predicted molar refractivity (Wildman–Crippen MR) is 147 cm³/mol. The number of carbonyl (C=O) groups excluding carboxylic acids is 2. The summed E-state index contributed by atoms with van der Waals surface area (Å²) in [4.78, 5) is 27.3. The summed E-state index contributed by atoms with van der Waals surface area (Å²) in [5.41, 5.74) is 1.48. The number of anilines is 1. The highest BCUT2D eigenvalue weighted by Crippen LogP contribution is 2.27. The first kappa shape index (κ1) is 29.2. The fraction of sp³-hybridized carbons (Fsp3) is 0.533. The van der Waals surface area contributed by atoms with Crippen LogP contribution >= 0.6 is 0 Å². The van der Waals surface area contributed by atoms with Gasteiger partial charge in [0.2, 0.25) is 0 Å². The van der Waals surface area contributed by atoms with Crippen molar-refractivity contribution in [1.29, 1.82) is 0 Å². The molecule has 0 aromatic heterocycles. The number of benzene rings is 2. The minimum absolute atomic E-state index is 0.0837. The smallest absolute Gasteiger partial charge is 0.255 e. The molecule has 6 nitrogen and oxygen atoms in total.